The zero-order chi connectivity index (χ0) is 36.4. The molecule has 1 aromatic heterocycles. The average Bonchev–Trinajstić information content (AvgIpc) is 3.77. The van der Waals surface area contributed by atoms with E-state index in [4.69, 9.17) is 21.1 Å². The lowest BCUT2D eigenvalue weighted by Crippen LogP contribution is -2.49. The lowest BCUT2D eigenvalue weighted by molar-refractivity contribution is 0.0131. The fourth-order valence-electron chi connectivity index (χ4n) is 9.06. The van der Waals surface area contributed by atoms with Crippen molar-refractivity contribution in [3.8, 4) is 5.75 Å². The molecule has 1 N–H and O–H groups in total. The Balaban J connectivity index is 1.22. The summed E-state index contributed by atoms with van der Waals surface area (Å²) in [6.45, 7) is 8.30. The Morgan fingerprint density at radius 2 is 2.02 bits per heavy atom. The minimum absolute atomic E-state index is 0.0626. The van der Waals surface area contributed by atoms with Crippen LogP contribution in [0.2, 0.25) is 5.02 Å². The number of nitrogens with zero attached hydrogens (tertiary/aromatic N) is 4. The molecule has 276 valence electrons. The third-order valence-electron chi connectivity index (χ3n) is 12.5. The summed E-state index contributed by atoms with van der Waals surface area (Å²) in [6.07, 6.45) is 12.2. The highest BCUT2D eigenvalue weighted by Crippen LogP contribution is 2.61. The van der Waals surface area contributed by atoms with E-state index < -0.39 is 27.0 Å². The number of amides is 2. The molecule has 2 saturated carbocycles. The number of allylic oxidation sites excluding steroid dienone is 1. The predicted octanol–water partition coefficient (Wildman–Crippen LogP) is 7.18. The van der Waals surface area contributed by atoms with Gasteiger partial charge >= 0.3 is 0 Å². The molecular formula is C40H48ClN5O5S. The van der Waals surface area contributed by atoms with Crippen molar-refractivity contribution in [2.24, 2.45) is 28.0 Å². The van der Waals surface area contributed by atoms with E-state index in [0.717, 1.165) is 43.1 Å². The maximum absolute atomic E-state index is 14.8. The van der Waals surface area contributed by atoms with Crippen molar-refractivity contribution in [1.82, 2.24) is 14.5 Å². The molecular weight excluding hydrogens is 698 g/mol. The number of aromatic nitrogens is 2. The molecule has 52 heavy (non-hydrogen) atoms. The maximum atomic E-state index is 14.8. The quantitative estimate of drug-likeness (QED) is 0.282. The highest BCUT2D eigenvalue weighted by atomic mass is 35.5. The van der Waals surface area contributed by atoms with E-state index in [0.29, 0.717) is 54.6 Å². The van der Waals surface area contributed by atoms with Gasteiger partial charge in [0, 0.05) is 48.9 Å². The molecule has 3 aromatic rings. The van der Waals surface area contributed by atoms with Gasteiger partial charge in [0.2, 0.25) is 0 Å². The van der Waals surface area contributed by atoms with Crippen molar-refractivity contribution < 1.29 is 23.3 Å². The smallest absolute Gasteiger partial charge is 0.286 e. The van der Waals surface area contributed by atoms with E-state index in [-0.39, 0.29) is 23.0 Å². The highest BCUT2D eigenvalue weighted by Gasteiger charge is 2.54. The van der Waals surface area contributed by atoms with Crippen LogP contribution in [-0.4, -0.2) is 64.0 Å². The van der Waals surface area contributed by atoms with Gasteiger partial charge in [-0.05, 0) is 117 Å². The Morgan fingerprint density at radius 1 is 1.17 bits per heavy atom. The van der Waals surface area contributed by atoms with Crippen LogP contribution >= 0.6 is 11.6 Å². The molecule has 1 unspecified atom stereocenters. The van der Waals surface area contributed by atoms with E-state index >= 15 is 0 Å². The summed E-state index contributed by atoms with van der Waals surface area (Å²) in [6, 6.07) is 11.8. The second-order valence-corrected chi connectivity index (χ2v) is 18.4. The lowest BCUT2D eigenvalue weighted by Gasteiger charge is -2.46. The van der Waals surface area contributed by atoms with Crippen LogP contribution in [0.4, 0.5) is 5.69 Å². The molecule has 2 aliphatic heterocycles. The van der Waals surface area contributed by atoms with Gasteiger partial charge in [0.15, 0.2) is 0 Å². The SMILES string of the molecule is CCn1cc(C(=O)NS2(=O)=NC(=O)c3ccc4c(c3)N(C[C@@H]3CC[C@H]3[C@@H](OC)/C=C\C[C@H](C)[C@H]2C)C[C@]2(CO4)C[C@@H]3C[C@@H]3c3cc(Cl)ccc32)cn1. The number of anilines is 1. The van der Waals surface area contributed by atoms with Crippen molar-refractivity contribution in [2.75, 3.05) is 31.7 Å². The first-order valence-corrected chi connectivity index (χ1v) is 20.6. The van der Waals surface area contributed by atoms with Crippen LogP contribution in [0.15, 0.2) is 65.3 Å². The van der Waals surface area contributed by atoms with E-state index in [9.17, 15) is 13.8 Å². The summed E-state index contributed by atoms with van der Waals surface area (Å²) >= 11 is 6.55. The van der Waals surface area contributed by atoms with E-state index in [1.165, 1.54) is 23.7 Å². The van der Waals surface area contributed by atoms with E-state index in [2.05, 4.69) is 43.4 Å². The van der Waals surface area contributed by atoms with Gasteiger partial charge < -0.3 is 14.4 Å². The van der Waals surface area contributed by atoms with Crippen LogP contribution < -0.4 is 14.4 Å². The number of nitrogens with one attached hydrogen (secondary N) is 1. The number of fused-ring (bicyclic) bond motifs is 6. The number of benzene rings is 2. The second-order valence-electron chi connectivity index (χ2n) is 15.7. The first-order chi connectivity index (χ1) is 25.0. The largest absolute Gasteiger partial charge is 0.490 e. The second kappa shape index (κ2) is 13.6. The summed E-state index contributed by atoms with van der Waals surface area (Å²) in [5.41, 5.74) is 3.80. The van der Waals surface area contributed by atoms with Gasteiger partial charge in [-0.25, -0.2) is 4.21 Å². The summed E-state index contributed by atoms with van der Waals surface area (Å²) in [7, 11) is -1.83. The Bertz CT molecular complexity index is 2060. The fourth-order valence-corrected chi connectivity index (χ4v) is 11.1. The number of hydrogen-bond donors (Lipinski definition) is 1. The molecule has 5 aliphatic rings. The Morgan fingerprint density at radius 3 is 2.77 bits per heavy atom. The number of ether oxygens (including phenoxy) is 2. The van der Waals surface area contributed by atoms with Crippen molar-refractivity contribution in [3.63, 3.8) is 0 Å². The lowest BCUT2D eigenvalue weighted by atomic mass is 9.68. The topological polar surface area (TPSA) is 115 Å². The molecule has 12 heteroatoms. The molecule has 2 bridgehead atoms. The summed E-state index contributed by atoms with van der Waals surface area (Å²) in [5.74, 6) is 1.19. The van der Waals surface area contributed by atoms with Gasteiger partial charge in [-0.1, -0.05) is 36.7 Å². The molecule has 3 aliphatic carbocycles. The van der Waals surface area contributed by atoms with Gasteiger partial charge in [-0.3, -0.25) is 19.0 Å². The fraction of sp³-hybridized carbons (Fsp3) is 0.525. The van der Waals surface area contributed by atoms with Crippen LogP contribution in [0.5, 0.6) is 5.75 Å². The van der Waals surface area contributed by atoms with Crippen molar-refractivity contribution in [3.05, 3.63) is 88.2 Å². The zero-order valence-electron chi connectivity index (χ0n) is 30.3. The van der Waals surface area contributed by atoms with Gasteiger partial charge in [0.05, 0.1) is 35.4 Å². The van der Waals surface area contributed by atoms with Gasteiger partial charge in [-0.15, -0.1) is 4.36 Å². The Labute approximate surface area is 311 Å². The molecule has 3 heterocycles. The highest BCUT2D eigenvalue weighted by molar-refractivity contribution is 7.93. The number of rotatable bonds is 4. The van der Waals surface area contributed by atoms with Gasteiger partial charge in [-0.2, -0.15) is 5.10 Å². The predicted molar refractivity (Wildman–Crippen MR) is 202 cm³/mol. The number of halogens is 1. The molecule has 0 radical (unpaired) electrons. The molecule has 2 aromatic carbocycles. The first kappa shape index (κ1) is 35.4. The van der Waals surface area contributed by atoms with Crippen LogP contribution in [0.3, 0.4) is 0 Å². The Kier molecular flexibility index (Phi) is 9.27. The summed E-state index contributed by atoms with van der Waals surface area (Å²) in [4.78, 5) is 30.0. The number of carbonyl (C=O) groups excluding carboxylic acids is 2. The molecule has 2 amide bonds. The van der Waals surface area contributed by atoms with E-state index in [1.807, 2.05) is 32.0 Å². The first-order valence-electron chi connectivity index (χ1n) is 18.7. The minimum atomic E-state index is -3.60. The van der Waals surface area contributed by atoms with Crippen LogP contribution in [0.1, 0.15) is 90.6 Å². The zero-order valence-corrected chi connectivity index (χ0v) is 31.9. The van der Waals surface area contributed by atoms with Crippen molar-refractivity contribution >= 4 is 39.0 Å². The molecule has 1 spiro atoms. The molecule has 8 rings (SSSR count). The van der Waals surface area contributed by atoms with Crippen LogP contribution in [0, 0.1) is 23.7 Å². The molecule has 0 saturated heterocycles. The third kappa shape index (κ3) is 6.36. The van der Waals surface area contributed by atoms with Gasteiger partial charge in [0.25, 0.3) is 11.8 Å². The average molecular weight is 746 g/mol. The summed E-state index contributed by atoms with van der Waals surface area (Å²) in [5, 5.41) is 4.31. The molecule has 10 nitrogen and oxygen atoms in total. The monoisotopic (exact) mass is 745 g/mol. The molecule has 2 fully saturated rings. The minimum Gasteiger partial charge on any atom is -0.490 e. The maximum Gasteiger partial charge on any atom is 0.286 e. The van der Waals surface area contributed by atoms with Crippen LogP contribution in [-0.2, 0) is 26.6 Å². The number of hydrogen-bond acceptors (Lipinski definition) is 7. The third-order valence-corrected chi connectivity index (χ3v) is 15.2. The van der Waals surface area contributed by atoms with Gasteiger partial charge in [0.1, 0.15) is 15.7 Å². The standard InChI is InChI=1S/C40H48ClN5O5S/c1-5-46-21-29(19-42-46)39(48)44-52(49)25(3)24(2)7-6-8-36(50-4)31-12-9-27(31)20-45-22-40(18-28-15-32(28)33-17-30(41)11-13-34(33)40)23-51-37-14-10-26(16-35(37)45)38(47)43-52/h6,8,10-11,13-14,16-17,19,21,24-25,27-28,31-32,36H,5,7,9,12,15,18,20,22-23H2,1-4H3,(H,43,44,47,48,49)/b8-6-/t24-,25+,27-,28-,31+,32-,36-,40-,52?/m0/s1. The van der Waals surface area contributed by atoms with E-state index in [1.54, 1.807) is 31.0 Å². The van der Waals surface area contributed by atoms with Crippen molar-refractivity contribution in [1.29, 1.82) is 0 Å². The number of aryl methyl sites for hydroxylation is 1. The number of carbonyl (C=O) groups is 2. The number of methoxy groups -OCH3 is 1. The Hall–Kier alpha value is -3.67. The van der Waals surface area contributed by atoms with Crippen molar-refractivity contribution in [2.45, 2.75) is 82.1 Å². The molecule has 9 atom stereocenters. The summed E-state index contributed by atoms with van der Waals surface area (Å²) < 4.78 is 36.3. The normalized spacial score (nSPS) is 34.4. The van der Waals surface area contributed by atoms with Crippen LogP contribution in [0.25, 0.3) is 0 Å².